The van der Waals surface area contributed by atoms with Gasteiger partial charge in [-0.1, -0.05) is 24.3 Å². The van der Waals surface area contributed by atoms with E-state index >= 15 is 0 Å². The van der Waals surface area contributed by atoms with E-state index < -0.39 is 5.97 Å². The van der Waals surface area contributed by atoms with E-state index in [2.05, 4.69) is 10.4 Å². The van der Waals surface area contributed by atoms with Crippen LogP contribution >= 0.6 is 0 Å². The summed E-state index contributed by atoms with van der Waals surface area (Å²) < 4.78 is 1.83. The minimum absolute atomic E-state index is 0.288. The van der Waals surface area contributed by atoms with E-state index in [-0.39, 0.29) is 5.56 Å². The Bertz CT molecular complexity index is 840. The third-order valence-corrected chi connectivity index (χ3v) is 3.70. The van der Waals surface area contributed by atoms with Crippen LogP contribution in [-0.2, 0) is 13.6 Å². The molecule has 3 rings (SSSR count). The summed E-state index contributed by atoms with van der Waals surface area (Å²) in [7, 11) is 1.91. The molecular formula is C18H17N3O2. The van der Waals surface area contributed by atoms with Crippen LogP contribution in [0.25, 0.3) is 11.1 Å². The molecule has 0 aliphatic carbocycles. The highest BCUT2D eigenvalue weighted by atomic mass is 16.4. The van der Waals surface area contributed by atoms with E-state index in [1.807, 2.05) is 48.1 Å². The van der Waals surface area contributed by atoms with E-state index in [1.54, 1.807) is 24.4 Å². The Kier molecular flexibility index (Phi) is 4.10. The maximum absolute atomic E-state index is 11.1. The standard InChI is InChI=1S/C18H17N3O2/c1-21-17(8-9-20-21)12-19-16-7-3-5-14(11-16)13-4-2-6-15(10-13)18(22)23/h2-11,19H,12H2,1H3,(H,22,23). The smallest absolute Gasteiger partial charge is 0.335 e. The zero-order valence-corrected chi connectivity index (χ0v) is 12.7. The molecule has 0 fully saturated rings. The van der Waals surface area contributed by atoms with Gasteiger partial charge in [0.15, 0.2) is 0 Å². The number of nitrogens with zero attached hydrogens (tertiary/aromatic N) is 2. The van der Waals surface area contributed by atoms with Gasteiger partial charge in [0.2, 0.25) is 0 Å². The molecule has 0 aliphatic heterocycles. The number of benzene rings is 2. The molecule has 0 aliphatic rings. The molecule has 0 bridgehead atoms. The molecule has 23 heavy (non-hydrogen) atoms. The number of aromatic nitrogens is 2. The lowest BCUT2D eigenvalue weighted by Crippen LogP contribution is -2.05. The largest absolute Gasteiger partial charge is 0.478 e. The van der Waals surface area contributed by atoms with Gasteiger partial charge >= 0.3 is 5.97 Å². The van der Waals surface area contributed by atoms with Crippen molar-refractivity contribution in [1.29, 1.82) is 0 Å². The minimum Gasteiger partial charge on any atom is -0.478 e. The summed E-state index contributed by atoms with van der Waals surface area (Å²) in [6.07, 6.45) is 1.77. The van der Waals surface area contributed by atoms with Crippen LogP contribution in [-0.4, -0.2) is 20.9 Å². The maximum Gasteiger partial charge on any atom is 0.335 e. The number of carboxylic acids is 1. The molecule has 0 saturated carbocycles. The number of carbonyl (C=O) groups is 1. The Morgan fingerprint density at radius 1 is 1.13 bits per heavy atom. The molecule has 0 spiro atoms. The van der Waals surface area contributed by atoms with Gasteiger partial charge in [0.25, 0.3) is 0 Å². The molecule has 5 heteroatoms. The summed E-state index contributed by atoms with van der Waals surface area (Å²) in [6.45, 7) is 0.676. The number of rotatable bonds is 5. The van der Waals surface area contributed by atoms with Crippen LogP contribution < -0.4 is 5.32 Å². The Labute approximate surface area is 134 Å². The minimum atomic E-state index is -0.919. The lowest BCUT2D eigenvalue weighted by molar-refractivity contribution is 0.0697. The summed E-state index contributed by atoms with van der Waals surface area (Å²) in [5.74, 6) is -0.919. The number of anilines is 1. The van der Waals surface area contributed by atoms with Crippen molar-refractivity contribution in [3.63, 3.8) is 0 Å². The first-order chi connectivity index (χ1) is 11.1. The van der Waals surface area contributed by atoms with Crippen molar-refractivity contribution in [2.45, 2.75) is 6.54 Å². The number of aromatic carboxylic acids is 1. The van der Waals surface area contributed by atoms with Crippen molar-refractivity contribution in [2.24, 2.45) is 7.05 Å². The van der Waals surface area contributed by atoms with Crippen molar-refractivity contribution in [3.05, 3.63) is 72.1 Å². The van der Waals surface area contributed by atoms with Crippen molar-refractivity contribution in [1.82, 2.24) is 9.78 Å². The van der Waals surface area contributed by atoms with Gasteiger partial charge in [-0.3, -0.25) is 4.68 Å². The predicted molar refractivity (Wildman–Crippen MR) is 89.4 cm³/mol. The van der Waals surface area contributed by atoms with Gasteiger partial charge in [0.1, 0.15) is 0 Å². The molecule has 2 aromatic carbocycles. The van der Waals surface area contributed by atoms with Crippen molar-refractivity contribution >= 4 is 11.7 Å². The highest BCUT2D eigenvalue weighted by Gasteiger charge is 2.05. The summed E-state index contributed by atoms with van der Waals surface area (Å²) in [5.41, 5.74) is 4.21. The first-order valence-electron chi connectivity index (χ1n) is 7.28. The average molecular weight is 307 g/mol. The molecule has 0 atom stereocenters. The Hall–Kier alpha value is -3.08. The second-order valence-corrected chi connectivity index (χ2v) is 5.27. The molecule has 1 aromatic heterocycles. The fourth-order valence-corrected chi connectivity index (χ4v) is 2.41. The third kappa shape index (κ3) is 3.40. The number of aryl methyl sites for hydroxylation is 1. The molecule has 0 saturated heterocycles. The summed E-state index contributed by atoms with van der Waals surface area (Å²) in [5, 5.41) is 16.6. The SMILES string of the molecule is Cn1nccc1CNc1cccc(-c2cccc(C(=O)O)c2)c1. The van der Waals surface area contributed by atoms with Gasteiger partial charge in [-0.15, -0.1) is 0 Å². The first-order valence-corrected chi connectivity index (χ1v) is 7.28. The van der Waals surface area contributed by atoms with Gasteiger partial charge in [-0.25, -0.2) is 4.79 Å². The monoisotopic (exact) mass is 307 g/mol. The van der Waals surface area contributed by atoms with Crippen molar-refractivity contribution in [2.75, 3.05) is 5.32 Å². The molecule has 0 unspecified atom stereocenters. The lowest BCUT2D eigenvalue weighted by Gasteiger charge is -2.09. The van der Waals surface area contributed by atoms with Gasteiger partial charge in [-0.2, -0.15) is 5.10 Å². The van der Waals surface area contributed by atoms with Crippen LogP contribution in [0.5, 0.6) is 0 Å². The van der Waals surface area contributed by atoms with E-state index in [1.165, 1.54) is 0 Å². The Morgan fingerprint density at radius 2 is 1.87 bits per heavy atom. The van der Waals surface area contributed by atoms with Gasteiger partial charge in [0.05, 0.1) is 17.8 Å². The van der Waals surface area contributed by atoms with E-state index in [0.717, 1.165) is 22.5 Å². The number of hydrogen-bond acceptors (Lipinski definition) is 3. The summed E-state index contributed by atoms with van der Waals surface area (Å²) in [4.78, 5) is 11.1. The molecule has 5 nitrogen and oxygen atoms in total. The molecule has 1 heterocycles. The number of hydrogen-bond donors (Lipinski definition) is 2. The average Bonchev–Trinajstić information content (AvgIpc) is 2.98. The van der Waals surface area contributed by atoms with Gasteiger partial charge in [-0.05, 0) is 41.5 Å². The van der Waals surface area contributed by atoms with E-state index in [9.17, 15) is 4.79 Å². The molecular weight excluding hydrogens is 290 g/mol. The fourth-order valence-electron chi connectivity index (χ4n) is 2.41. The molecule has 3 aromatic rings. The van der Waals surface area contributed by atoms with Crippen LogP contribution in [0.4, 0.5) is 5.69 Å². The summed E-state index contributed by atoms with van der Waals surface area (Å²) >= 11 is 0. The second kappa shape index (κ2) is 6.36. The normalized spacial score (nSPS) is 10.5. The van der Waals surface area contributed by atoms with Crippen LogP contribution in [0.15, 0.2) is 60.8 Å². The predicted octanol–water partition coefficient (Wildman–Crippen LogP) is 3.40. The highest BCUT2D eigenvalue weighted by Crippen LogP contribution is 2.24. The van der Waals surface area contributed by atoms with Gasteiger partial charge in [0, 0.05) is 18.9 Å². The van der Waals surface area contributed by atoms with Gasteiger partial charge < -0.3 is 10.4 Å². The lowest BCUT2D eigenvalue weighted by atomic mass is 10.0. The van der Waals surface area contributed by atoms with Crippen molar-refractivity contribution in [3.8, 4) is 11.1 Å². The topological polar surface area (TPSA) is 67.2 Å². The molecule has 2 N–H and O–H groups in total. The van der Waals surface area contributed by atoms with E-state index in [4.69, 9.17) is 5.11 Å². The zero-order valence-electron chi connectivity index (χ0n) is 12.7. The molecule has 0 amide bonds. The van der Waals surface area contributed by atoms with Crippen LogP contribution in [0.2, 0.25) is 0 Å². The van der Waals surface area contributed by atoms with Crippen LogP contribution in [0.3, 0.4) is 0 Å². The van der Waals surface area contributed by atoms with Crippen LogP contribution in [0, 0.1) is 0 Å². The number of carboxylic acid groups (broad SMARTS) is 1. The number of nitrogens with one attached hydrogen (secondary N) is 1. The maximum atomic E-state index is 11.1. The van der Waals surface area contributed by atoms with Crippen LogP contribution in [0.1, 0.15) is 16.1 Å². The molecule has 0 radical (unpaired) electrons. The first kappa shape index (κ1) is 14.8. The molecule has 116 valence electrons. The summed E-state index contributed by atoms with van der Waals surface area (Å²) in [6, 6.07) is 16.8. The third-order valence-electron chi connectivity index (χ3n) is 3.70. The Morgan fingerprint density at radius 3 is 2.57 bits per heavy atom. The van der Waals surface area contributed by atoms with Crippen molar-refractivity contribution < 1.29 is 9.90 Å². The Balaban J connectivity index is 1.81. The fraction of sp³-hybridized carbons (Fsp3) is 0.111. The highest BCUT2D eigenvalue weighted by molar-refractivity contribution is 5.89. The second-order valence-electron chi connectivity index (χ2n) is 5.27. The van der Waals surface area contributed by atoms with E-state index in [0.29, 0.717) is 6.54 Å². The quantitative estimate of drug-likeness (QED) is 0.758. The zero-order chi connectivity index (χ0) is 16.2.